The lowest BCUT2D eigenvalue weighted by Gasteiger charge is -1.94. The fraction of sp³-hybridized carbons (Fsp3) is 0.370. The molecule has 1 aromatic carbocycles. The molecule has 0 heterocycles. The molecule has 0 saturated heterocycles. The second-order valence-corrected chi connectivity index (χ2v) is 7.47. The van der Waals surface area contributed by atoms with Gasteiger partial charge in [-0.05, 0) is 79.4 Å². The van der Waals surface area contributed by atoms with Crippen LogP contribution in [0.15, 0.2) is 76.9 Å². The van der Waals surface area contributed by atoms with E-state index in [4.69, 9.17) is 0 Å². The lowest BCUT2D eigenvalue weighted by atomic mass is 10.1. The van der Waals surface area contributed by atoms with E-state index >= 15 is 0 Å². The van der Waals surface area contributed by atoms with Gasteiger partial charge in [0.2, 0.25) is 0 Å². The SMILES string of the molecule is CC(C)=CCC/C(C)=C\C=O.CC(C)=CCC/C(C)=C\C=O.O=Cc1ccccc1. The smallest absolute Gasteiger partial charge is 0.150 e. The molecular formula is C27H38O3. The van der Waals surface area contributed by atoms with Gasteiger partial charge in [-0.15, -0.1) is 0 Å². The van der Waals surface area contributed by atoms with E-state index in [-0.39, 0.29) is 0 Å². The summed E-state index contributed by atoms with van der Waals surface area (Å²) in [7, 11) is 0. The summed E-state index contributed by atoms with van der Waals surface area (Å²) in [5.41, 5.74) is 5.70. The third kappa shape index (κ3) is 23.2. The van der Waals surface area contributed by atoms with Crippen LogP contribution in [0.25, 0.3) is 0 Å². The molecule has 0 aromatic heterocycles. The Bertz CT molecular complexity index is 670. The van der Waals surface area contributed by atoms with Crippen molar-refractivity contribution in [1.29, 1.82) is 0 Å². The molecule has 0 aliphatic rings. The van der Waals surface area contributed by atoms with Gasteiger partial charge >= 0.3 is 0 Å². The first-order valence-corrected chi connectivity index (χ1v) is 10.3. The average Bonchev–Trinajstić information content (AvgIpc) is 2.69. The maximum absolute atomic E-state index is 10.0. The summed E-state index contributed by atoms with van der Waals surface area (Å²) in [4.78, 5) is 30.0. The van der Waals surface area contributed by atoms with Crippen LogP contribution >= 0.6 is 0 Å². The summed E-state index contributed by atoms with van der Waals surface area (Å²) >= 11 is 0. The van der Waals surface area contributed by atoms with E-state index in [0.717, 1.165) is 61.3 Å². The van der Waals surface area contributed by atoms with E-state index in [0.29, 0.717) is 0 Å². The molecule has 0 spiro atoms. The Hall–Kier alpha value is -2.81. The molecule has 164 valence electrons. The average molecular weight is 411 g/mol. The van der Waals surface area contributed by atoms with Crippen molar-refractivity contribution in [1.82, 2.24) is 0 Å². The van der Waals surface area contributed by atoms with Gasteiger partial charge in [0.25, 0.3) is 0 Å². The van der Waals surface area contributed by atoms with Crippen molar-refractivity contribution in [2.24, 2.45) is 0 Å². The van der Waals surface area contributed by atoms with Crippen LogP contribution < -0.4 is 0 Å². The number of allylic oxidation sites excluding steroid dienone is 8. The van der Waals surface area contributed by atoms with Crippen LogP contribution in [0.5, 0.6) is 0 Å². The molecule has 0 saturated carbocycles. The molecule has 0 aliphatic carbocycles. The number of rotatable bonds is 9. The van der Waals surface area contributed by atoms with Crippen LogP contribution in [0.4, 0.5) is 0 Å². The van der Waals surface area contributed by atoms with Crippen LogP contribution in [-0.4, -0.2) is 18.9 Å². The fourth-order valence-electron chi connectivity index (χ4n) is 2.11. The van der Waals surface area contributed by atoms with Gasteiger partial charge in [0.1, 0.15) is 18.9 Å². The third-order valence-electron chi connectivity index (χ3n) is 3.82. The van der Waals surface area contributed by atoms with E-state index in [1.54, 1.807) is 24.3 Å². The number of benzene rings is 1. The summed E-state index contributed by atoms with van der Waals surface area (Å²) in [5.74, 6) is 0. The second kappa shape index (κ2) is 20.9. The molecular weight excluding hydrogens is 372 g/mol. The van der Waals surface area contributed by atoms with Crippen molar-refractivity contribution >= 4 is 18.9 Å². The number of aldehydes is 3. The standard InChI is InChI=1S/2C10H16O.C7H6O/c2*1-9(2)5-4-6-10(3)7-8-11;8-6-7-4-2-1-3-5-7/h2*5,7-8H,4,6H2,1-3H3;1-6H/b2*10-7-;. The predicted octanol–water partition coefficient (Wildman–Crippen LogP) is 7.26. The quantitative estimate of drug-likeness (QED) is 0.245. The van der Waals surface area contributed by atoms with E-state index in [2.05, 4.69) is 39.8 Å². The van der Waals surface area contributed by atoms with Gasteiger partial charge < -0.3 is 0 Å². The summed E-state index contributed by atoms with van der Waals surface area (Å²) < 4.78 is 0. The highest BCUT2D eigenvalue weighted by molar-refractivity contribution is 5.74. The predicted molar refractivity (Wildman–Crippen MR) is 129 cm³/mol. The Morgan fingerprint density at radius 2 is 1.07 bits per heavy atom. The maximum Gasteiger partial charge on any atom is 0.150 e. The lowest BCUT2D eigenvalue weighted by molar-refractivity contribution is -0.104. The van der Waals surface area contributed by atoms with Gasteiger partial charge in [0.05, 0.1) is 0 Å². The molecule has 1 aromatic rings. The molecule has 0 aliphatic heterocycles. The molecule has 0 radical (unpaired) electrons. The van der Waals surface area contributed by atoms with Crippen LogP contribution in [0.2, 0.25) is 0 Å². The lowest BCUT2D eigenvalue weighted by Crippen LogP contribution is -1.77. The molecule has 3 nitrogen and oxygen atoms in total. The normalized spacial score (nSPS) is 10.3. The fourth-order valence-corrected chi connectivity index (χ4v) is 2.11. The van der Waals surface area contributed by atoms with Crippen LogP contribution in [0.1, 0.15) is 77.6 Å². The molecule has 30 heavy (non-hydrogen) atoms. The number of hydrogen-bond acceptors (Lipinski definition) is 3. The molecule has 0 unspecified atom stereocenters. The summed E-state index contributed by atoms with van der Waals surface area (Å²) in [6, 6.07) is 9.10. The van der Waals surface area contributed by atoms with Gasteiger partial charge in [-0.1, -0.05) is 64.8 Å². The van der Waals surface area contributed by atoms with Crippen molar-refractivity contribution in [2.75, 3.05) is 0 Å². The van der Waals surface area contributed by atoms with Crippen LogP contribution in [0.3, 0.4) is 0 Å². The first kappa shape index (κ1) is 29.4. The topological polar surface area (TPSA) is 51.2 Å². The Kier molecular flexibility index (Phi) is 20.5. The third-order valence-corrected chi connectivity index (χ3v) is 3.82. The maximum atomic E-state index is 10.0. The van der Waals surface area contributed by atoms with Gasteiger partial charge in [-0.3, -0.25) is 14.4 Å². The number of hydrogen-bond donors (Lipinski definition) is 0. The minimum absolute atomic E-state index is 0.729. The Morgan fingerprint density at radius 3 is 1.33 bits per heavy atom. The largest absolute Gasteiger partial charge is 0.299 e. The summed E-state index contributed by atoms with van der Waals surface area (Å²) in [6.45, 7) is 12.3. The molecule has 0 amide bonds. The van der Waals surface area contributed by atoms with Crippen LogP contribution in [0, 0.1) is 0 Å². The summed E-state index contributed by atoms with van der Waals surface area (Å²) in [5, 5.41) is 0. The van der Waals surface area contributed by atoms with Crippen molar-refractivity contribution in [3.8, 4) is 0 Å². The zero-order valence-corrected chi connectivity index (χ0v) is 19.5. The van der Waals surface area contributed by atoms with Crippen molar-refractivity contribution in [2.45, 2.75) is 67.2 Å². The minimum atomic E-state index is 0.729. The second-order valence-electron chi connectivity index (χ2n) is 7.47. The van der Waals surface area contributed by atoms with Gasteiger partial charge in [-0.2, -0.15) is 0 Å². The Morgan fingerprint density at radius 1 is 0.667 bits per heavy atom. The highest BCUT2D eigenvalue weighted by atomic mass is 16.1. The van der Waals surface area contributed by atoms with Crippen molar-refractivity contribution in [3.63, 3.8) is 0 Å². The molecule has 0 bridgehead atoms. The van der Waals surface area contributed by atoms with E-state index < -0.39 is 0 Å². The molecule has 0 atom stereocenters. The molecule has 1 rings (SSSR count). The number of carbonyl (C=O) groups excluding carboxylic acids is 3. The van der Waals surface area contributed by atoms with Crippen molar-refractivity contribution in [3.05, 3.63) is 82.5 Å². The Labute approximate surface area is 183 Å². The van der Waals surface area contributed by atoms with Crippen LogP contribution in [-0.2, 0) is 9.59 Å². The van der Waals surface area contributed by atoms with E-state index in [1.165, 1.54) is 11.1 Å². The van der Waals surface area contributed by atoms with Gasteiger partial charge in [-0.25, -0.2) is 0 Å². The zero-order chi connectivity index (χ0) is 23.2. The van der Waals surface area contributed by atoms with Crippen molar-refractivity contribution < 1.29 is 14.4 Å². The van der Waals surface area contributed by atoms with Gasteiger partial charge in [0.15, 0.2) is 0 Å². The molecule has 0 fully saturated rings. The van der Waals surface area contributed by atoms with Gasteiger partial charge in [0, 0.05) is 5.56 Å². The molecule has 3 heteroatoms. The Balaban J connectivity index is 0. The van der Waals surface area contributed by atoms with E-state index in [9.17, 15) is 14.4 Å². The van der Waals surface area contributed by atoms with E-state index in [1.807, 2.05) is 32.0 Å². The highest BCUT2D eigenvalue weighted by Crippen LogP contribution is 2.05. The minimum Gasteiger partial charge on any atom is -0.299 e. The number of carbonyl (C=O) groups is 3. The summed E-state index contributed by atoms with van der Waals surface area (Å²) in [6.07, 6.45) is 14.2. The highest BCUT2D eigenvalue weighted by Gasteiger charge is 1.87. The first-order valence-electron chi connectivity index (χ1n) is 10.3. The first-order chi connectivity index (χ1) is 14.3. The monoisotopic (exact) mass is 410 g/mol. The zero-order valence-electron chi connectivity index (χ0n) is 19.5. The molecule has 0 N–H and O–H groups in total.